The molecule has 0 fully saturated rings. The molecule has 1 aromatic carbocycles. The Balaban J connectivity index is 2.38. The molecule has 0 spiro atoms. The van der Waals surface area contributed by atoms with Gasteiger partial charge in [0.1, 0.15) is 5.82 Å². The van der Waals surface area contributed by atoms with Crippen LogP contribution in [0.4, 0.5) is 9.18 Å². The van der Waals surface area contributed by atoms with E-state index in [1.54, 1.807) is 12.1 Å². The minimum absolute atomic E-state index is 0.211. The lowest BCUT2D eigenvalue weighted by atomic mass is 10.2. The van der Waals surface area contributed by atoms with Gasteiger partial charge in [-0.2, -0.15) is 0 Å². The average Bonchev–Trinajstić information content (AvgIpc) is 2.17. The zero-order valence-electron chi connectivity index (χ0n) is 8.01. The van der Waals surface area contributed by atoms with Crippen LogP contribution >= 0.6 is 0 Å². The van der Waals surface area contributed by atoms with E-state index in [-0.39, 0.29) is 11.8 Å². The van der Waals surface area contributed by atoms with Gasteiger partial charge in [-0.15, -0.1) is 0 Å². The Morgan fingerprint density at radius 3 is 2.50 bits per heavy atom. The first kappa shape index (κ1) is 10.5. The maximum absolute atomic E-state index is 12.5. The Kier molecular flexibility index (Phi) is 3.91. The third-order valence-electron chi connectivity index (χ3n) is 1.70. The fourth-order valence-corrected chi connectivity index (χ4v) is 1.01. The predicted molar refractivity (Wildman–Crippen MR) is 52.3 cm³/mol. The summed E-state index contributed by atoms with van der Waals surface area (Å²) >= 11 is 0. The molecule has 0 aliphatic rings. The van der Waals surface area contributed by atoms with Crippen molar-refractivity contribution in [2.24, 2.45) is 0 Å². The zero-order chi connectivity index (χ0) is 10.4. The van der Waals surface area contributed by atoms with Gasteiger partial charge < -0.3 is 10.6 Å². The van der Waals surface area contributed by atoms with Crippen LogP contribution in [0, 0.1) is 5.82 Å². The first-order valence-electron chi connectivity index (χ1n) is 4.48. The molecule has 0 saturated heterocycles. The molecule has 4 heteroatoms. The molecule has 0 atom stereocenters. The molecule has 3 nitrogen and oxygen atoms in total. The van der Waals surface area contributed by atoms with Gasteiger partial charge in [-0.3, -0.25) is 0 Å². The second kappa shape index (κ2) is 5.21. The number of hydrogen-bond donors (Lipinski definition) is 2. The molecule has 1 rings (SSSR count). The van der Waals surface area contributed by atoms with Crippen molar-refractivity contribution in [1.82, 2.24) is 10.6 Å². The summed E-state index contributed by atoms with van der Waals surface area (Å²) < 4.78 is 12.5. The summed E-state index contributed by atoms with van der Waals surface area (Å²) in [5.74, 6) is -0.272. The van der Waals surface area contributed by atoms with E-state index in [1.807, 2.05) is 6.92 Å². The van der Waals surface area contributed by atoms with Crippen molar-refractivity contribution in [3.63, 3.8) is 0 Å². The molecule has 0 aliphatic heterocycles. The van der Waals surface area contributed by atoms with E-state index in [1.165, 1.54) is 12.1 Å². The molecule has 0 saturated carbocycles. The summed E-state index contributed by atoms with van der Waals surface area (Å²) in [5, 5.41) is 5.25. The summed E-state index contributed by atoms with van der Waals surface area (Å²) in [4.78, 5) is 11.0. The van der Waals surface area contributed by atoms with E-state index in [4.69, 9.17) is 0 Å². The van der Waals surface area contributed by atoms with Crippen LogP contribution in [0.3, 0.4) is 0 Å². The first-order valence-corrected chi connectivity index (χ1v) is 4.48. The van der Waals surface area contributed by atoms with Crippen LogP contribution in [-0.4, -0.2) is 12.6 Å². The van der Waals surface area contributed by atoms with E-state index >= 15 is 0 Å². The zero-order valence-corrected chi connectivity index (χ0v) is 8.01. The van der Waals surface area contributed by atoms with Crippen LogP contribution in [0.25, 0.3) is 0 Å². The first-order chi connectivity index (χ1) is 6.72. The maximum atomic E-state index is 12.5. The molecular formula is C10H13FN2O. The Morgan fingerprint density at radius 2 is 1.93 bits per heavy atom. The average molecular weight is 196 g/mol. The van der Waals surface area contributed by atoms with Crippen LogP contribution in [0.1, 0.15) is 12.5 Å². The van der Waals surface area contributed by atoms with Gasteiger partial charge in [0.25, 0.3) is 0 Å². The van der Waals surface area contributed by atoms with Crippen molar-refractivity contribution in [1.29, 1.82) is 0 Å². The number of rotatable bonds is 3. The van der Waals surface area contributed by atoms with Crippen LogP contribution < -0.4 is 10.6 Å². The summed E-state index contributed by atoms with van der Waals surface area (Å²) in [7, 11) is 0. The van der Waals surface area contributed by atoms with Gasteiger partial charge in [0.15, 0.2) is 0 Å². The van der Waals surface area contributed by atoms with E-state index in [2.05, 4.69) is 10.6 Å². The molecule has 0 aliphatic carbocycles. The molecule has 0 bridgehead atoms. The molecule has 76 valence electrons. The third kappa shape index (κ3) is 3.43. The van der Waals surface area contributed by atoms with E-state index < -0.39 is 0 Å². The monoisotopic (exact) mass is 196 g/mol. The van der Waals surface area contributed by atoms with Crippen LogP contribution in [0.15, 0.2) is 24.3 Å². The van der Waals surface area contributed by atoms with Crippen LogP contribution in [-0.2, 0) is 6.54 Å². The topological polar surface area (TPSA) is 41.1 Å². The molecule has 0 heterocycles. The Morgan fingerprint density at radius 1 is 1.29 bits per heavy atom. The summed E-state index contributed by atoms with van der Waals surface area (Å²) in [6, 6.07) is 5.81. The number of nitrogens with one attached hydrogen (secondary N) is 2. The van der Waals surface area contributed by atoms with Crippen molar-refractivity contribution in [3.05, 3.63) is 35.6 Å². The lowest BCUT2D eigenvalue weighted by Crippen LogP contribution is -2.34. The van der Waals surface area contributed by atoms with Gasteiger partial charge in [0, 0.05) is 13.1 Å². The number of carbonyl (C=O) groups excluding carboxylic acids is 1. The number of urea groups is 1. The number of amides is 2. The van der Waals surface area contributed by atoms with Crippen molar-refractivity contribution >= 4 is 6.03 Å². The van der Waals surface area contributed by atoms with Gasteiger partial charge in [-0.1, -0.05) is 12.1 Å². The molecule has 0 radical (unpaired) electrons. The van der Waals surface area contributed by atoms with Gasteiger partial charge >= 0.3 is 6.03 Å². The summed E-state index contributed by atoms with van der Waals surface area (Å²) in [6.07, 6.45) is 0. The lowest BCUT2D eigenvalue weighted by molar-refractivity contribution is 0.241. The van der Waals surface area contributed by atoms with Gasteiger partial charge in [-0.05, 0) is 24.6 Å². The molecular weight excluding hydrogens is 183 g/mol. The second-order valence-electron chi connectivity index (χ2n) is 2.84. The minimum atomic E-state index is -0.272. The number of halogens is 1. The number of benzene rings is 1. The van der Waals surface area contributed by atoms with Crippen molar-refractivity contribution in [3.8, 4) is 0 Å². The molecule has 2 amide bonds. The fourth-order valence-electron chi connectivity index (χ4n) is 1.01. The summed E-state index contributed by atoms with van der Waals surface area (Å²) in [5.41, 5.74) is 0.873. The maximum Gasteiger partial charge on any atom is 0.315 e. The quantitative estimate of drug-likeness (QED) is 0.758. The second-order valence-corrected chi connectivity index (χ2v) is 2.84. The highest BCUT2D eigenvalue weighted by atomic mass is 19.1. The van der Waals surface area contributed by atoms with Crippen LogP contribution in [0.2, 0.25) is 0 Å². The van der Waals surface area contributed by atoms with Gasteiger partial charge in [0.05, 0.1) is 0 Å². The van der Waals surface area contributed by atoms with E-state index in [0.29, 0.717) is 13.1 Å². The lowest BCUT2D eigenvalue weighted by Gasteiger charge is -2.05. The molecule has 0 unspecified atom stereocenters. The third-order valence-corrected chi connectivity index (χ3v) is 1.70. The smallest absolute Gasteiger partial charge is 0.315 e. The van der Waals surface area contributed by atoms with Crippen molar-refractivity contribution < 1.29 is 9.18 Å². The highest BCUT2D eigenvalue weighted by molar-refractivity contribution is 5.73. The fraction of sp³-hybridized carbons (Fsp3) is 0.300. The van der Waals surface area contributed by atoms with Gasteiger partial charge in [-0.25, -0.2) is 9.18 Å². The van der Waals surface area contributed by atoms with Crippen molar-refractivity contribution in [2.75, 3.05) is 6.54 Å². The van der Waals surface area contributed by atoms with E-state index in [9.17, 15) is 9.18 Å². The Labute approximate surface area is 82.3 Å². The SMILES string of the molecule is CCNC(=O)NCc1ccc(F)cc1. The normalized spacial score (nSPS) is 9.57. The minimum Gasteiger partial charge on any atom is -0.338 e. The number of hydrogen-bond acceptors (Lipinski definition) is 1. The molecule has 1 aromatic rings. The molecule has 14 heavy (non-hydrogen) atoms. The highest BCUT2D eigenvalue weighted by Gasteiger charge is 1.97. The predicted octanol–water partition coefficient (Wildman–Crippen LogP) is 1.64. The number of carbonyl (C=O) groups is 1. The van der Waals surface area contributed by atoms with E-state index in [0.717, 1.165) is 5.56 Å². The Bertz CT molecular complexity index is 297. The summed E-state index contributed by atoms with van der Waals surface area (Å²) in [6.45, 7) is 2.85. The van der Waals surface area contributed by atoms with Crippen molar-refractivity contribution in [2.45, 2.75) is 13.5 Å². The van der Waals surface area contributed by atoms with Gasteiger partial charge in [0.2, 0.25) is 0 Å². The largest absolute Gasteiger partial charge is 0.338 e. The van der Waals surface area contributed by atoms with Crippen LogP contribution in [0.5, 0.6) is 0 Å². The Hall–Kier alpha value is -1.58. The molecule has 0 aromatic heterocycles. The standard InChI is InChI=1S/C10H13FN2O/c1-2-12-10(14)13-7-8-3-5-9(11)6-4-8/h3-6H,2,7H2,1H3,(H2,12,13,14). The highest BCUT2D eigenvalue weighted by Crippen LogP contribution is 2.01. The molecule has 2 N–H and O–H groups in total.